The van der Waals surface area contributed by atoms with E-state index in [1.807, 2.05) is 21.7 Å². The quantitative estimate of drug-likeness (QED) is 0.465. The molecule has 3 heterocycles. The zero-order valence-electron chi connectivity index (χ0n) is 20.0. The summed E-state index contributed by atoms with van der Waals surface area (Å²) < 4.78 is 16.2. The zero-order chi connectivity index (χ0) is 24.8. The highest BCUT2D eigenvalue weighted by molar-refractivity contribution is 7.08. The van der Waals surface area contributed by atoms with Crippen LogP contribution in [0.2, 0.25) is 0 Å². The van der Waals surface area contributed by atoms with Gasteiger partial charge in [0.15, 0.2) is 11.5 Å². The van der Waals surface area contributed by atoms with Crippen molar-refractivity contribution >= 4 is 23.2 Å². The molecule has 4 rings (SSSR count). The third-order valence-electron chi connectivity index (χ3n) is 5.93. The standard InChI is InChI=1S/C24H29N5O5S/c1-32-20-12-17(13-21(33-2)22(20)34-3)18-14-19(27-26-18)24(31)29-9-7-28(8-10-29)6-5-25-23(30)16-4-11-35-15-16/h4,11-15H,5-10H2,1-3H3,(H,25,30)(H,26,27). The van der Waals surface area contributed by atoms with Crippen LogP contribution in [0.4, 0.5) is 0 Å². The lowest BCUT2D eigenvalue weighted by Gasteiger charge is -2.34. The van der Waals surface area contributed by atoms with E-state index >= 15 is 0 Å². The molecule has 3 aromatic rings. The number of carbonyl (C=O) groups is 2. The molecule has 2 amide bonds. The number of piperazine rings is 1. The molecule has 0 bridgehead atoms. The van der Waals surface area contributed by atoms with Crippen LogP contribution in [0.3, 0.4) is 0 Å². The molecule has 0 aliphatic carbocycles. The van der Waals surface area contributed by atoms with Gasteiger partial charge in [0.25, 0.3) is 11.8 Å². The Bertz CT molecular complexity index is 1130. The van der Waals surface area contributed by atoms with Gasteiger partial charge in [0, 0.05) is 55.8 Å². The smallest absolute Gasteiger partial charge is 0.271 e. The van der Waals surface area contributed by atoms with Crippen molar-refractivity contribution in [3.8, 4) is 28.5 Å². The van der Waals surface area contributed by atoms with Gasteiger partial charge in [0.1, 0.15) is 5.69 Å². The monoisotopic (exact) mass is 499 g/mol. The van der Waals surface area contributed by atoms with Gasteiger partial charge in [0.2, 0.25) is 5.75 Å². The summed E-state index contributed by atoms with van der Waals surface area (Å²) in [6.07, 6.45) is 0. The maximum absolute atomic E-state index is 13.0. The minimum atomic E-state index is -0.0957. The van der Waals surface area contributed by atoms with Crippen molar-refractivity contribution in [2.45, 2.75) is 0 Å². The fraction of sp³-hybridized carbons (Fsp3) is 0.375. The van der Waals surface area contributed by atoms with Crippen LogP contribution >= 0.6 is 11.3 Å². The Morgan fingerprint density at radius 3 is 2.37 bits per heavy atom. The second-order valence-electron chi connectivity index (χ2n) is 7.98. The highest BCUT2D eigenvalue weighted by Gasteiger charge is 2.24. The largest absolute Gasteiger partial charge is 0.493 e. The lowest BCUT2D eigenvalue weighted by Crippen LogP contribution is -2.50. The summed E-state index contributed by atoms with van der Waals surface area (Å²) in [6, 6.07) is 7.13. The topological polar surface area (TPSA) is 109 Å². The Hall–Kier alpha value is -3.57. The Labute approximate surface area is 207 Å². The van der Waals surface area contributed by atoms with Crippen molar-refractivity contribution in [2.24, 2.45) is 0 Å². The summed E-state index contributed by atoms with van der Waals surface area (Å²) in [5.74, 6) is 1.37. The van der Waals surface area contributed by atoms with Crippen LogP contribution < -0.4 is 19.5 Å². The van der Waals surface area contributed by atoms with E-state index in [1.54, 1.807) is 39.5 Å². The summed E-state index contributed by atoms with van der Waals surface area (Å²) in [7, 11) is 4.65. The van der Waals surface area contributed by atoms with E-state index in [0.29, 0.717) is 53.8 Å². The first-order valence-electron chi connectivity index (χ1n) is 11.2. The number of amides is 2. The van der Waals surface area contributed by atoms with Gasteiger partial charge in [-0.3, -0.25) is 19.6 Å². The SMILES string of the molecule is COc1cc(-c2cc(C(=O)N3CCN(CCNC(=O)c4ccsc4)CC3)[nH]n2)cc(OC)c1OC. The number of aromatic nitrogens is 2. The summed E-state index contributed by atoms with van der Waals surface area (Å²) >= 11 is 1.50. The molecule has 1 aliphatic rings. The number of methoxy groups -OCH3 is 3. The number of hydrogen-bond acceptors (Lipinski definition) is 8. The van der Waals surface area contributed by atoms with E-state index in [2.05, 4.69) is 20.4 Å². The number of carbonyl (C=O) groups excluding carboxylic acids is 2. The van der Waals surface area contributed by atoms with E-state index in [4.69, 9.17) is 14.2 Å². The fourth-order valence-corrected chi connectivity index (χ4v) is 4.61. The molecule has 0 spiro atoms. The molecular weight excluding hydrogens is 470 g/mol. The van der Waals surface area contributed by atoms with E-state index in [0.717, 1.165) is 25.2 Å². The van der Waals surface area contributed by atoms with E-state index in [-0.39, 0.29) is 11.8 Å². The first-order valence-corrected chi connectivity index (χ1v) is 12.2. The Balaban J connectivity index is 1.32. The number of ether oxygens (including phenoxy) is 3. The molecule has 0 atom stereocenters. The van der Waals surface area contributed by atoms with E-state index in [1.165, 1.54) is 11.3 Å². The summed E-state index contributed by atoms with van der Waals surface area (Å²) in [5, 5.41) is 13.9. The predicted octanol–water partition coefficient (Wildman–Crippen LogP) is 2.35. The van der Waals surface area contributed by atoms with Gasteiger partial charge >= 0.3 is 0 Å². The first-order chi connectivity index (χ1) is 17.0. The molecule has 11 heteroatoms. The minimum Gasteiger partial charge on any atom is -0.493 e. The van der Waals surface area contributed by atoms with Gasteiger partial charge in [0.05, 0.1) is 27.0 Å². The molecular formula is C24H29N5O5S. The maximum Gasteiger partial charge on any atom is 0.271 e. The molecule has 1 fully saturated rings. The van der Waals surface area contributed by atoms with Crippen LogP contribution in [0.1, 0.15) is 20.8 Å². The van der Waals surface area contributed by atoms with Crippen molar-refractivity contribution in [3.63, 3.8) is 0 Å². The molecule has 0 unspecified atom stereocenters. The van der Waals surface area contributed by atoms with Crippen molar-refractivity contribution in [3.05, 3.63) is 46.3 Å². The molecule has 0 radical (unpaired) electrons. The molecule has 1 aliphatic heterocycles. The summed E-state index contributed by atoms with van der Waals surface area (Å²) in [5.41, 5.74) is 2.46. The maximum atomic E-state index is 13.0. The Morgan fingerprint density at radius 2 is 1.77 bits per heavy atom. The van der Waals surface area contributed by atoms with Crippen LogP contribution in [0, 0.1) is 0 Å². The van der Waals surface area contributed by atoms with Crippen molar-refractivity contribution < 1.29 is 23.8 Å². The summed E-state index contributed by atoms with van der Waals surface area (Å²) in [6.45, 7) is 4.02. The molecule has 35 heavy (non-hydrogen) atoms. The molecule has 1 saturated heterocycles. The van der Waals surface area contributed by atoms with Gasteiger partial charge in [-0.25, -0.2) is 0 Å². The fourth-order valence-electron chi connectivity index (χ4n) is 3.98. The average Bonchev–Trinajstić information content (AvgIpc) is 3.61. The third-order valence-corrected chi connectivity index (χ3v) is 6.61. The zero-order valence-corrected chi connectivity index (χ0v) is 20.8. The molecule has 2 N–H and O–H groups in total. The molecule has 0 saturated carbocycles. The van der Waals surface area contributed by atoms with Crippen molar-refractivity contribution in [2.75, 3.05) is 60.6 Å². The normalized spacial score (nSPS) is 14.0. The van der Waals surface area contributed by atoms with Gasteiger partial charge in [-0.1, -0.05) is 0 Å². The molecule has 186 valence electrons. The third kappa shape index (κ3) is 5.57. The second-order valence-corrected chi connectivity index (χ2v) is 8.76. The van der Waals surface area contributed by atoms with Gasteiger partial charge < -0.3 is 24.4 Å². The van der Waals surface area contributed by atoms with Crippen molar-refractivity contribution in [1.82, 2.24) is 25.3 Å². The number of nitrogens with one attached hydrogen (secondary N) is 2. The predicted molar refractivity (Wildman–Crippen MR) is 133 cm³/mol. The van der Waals surface area contributed by atoms with E-state index in [9.17, 15) is 9.59 Å². The van der Waals surface area contributed by atoms with Gasteiger partial charge in [-0.15, -0.1) is 0 Å². The number of aromatic amines is 1. The molecule has 1 aromatic carbocycles. The van der Waals surface area contributed by atoms with Crippen LogP contribution in [-0.2, 0) is 0 Å². The number of nitrogens with zero attached hydrogens (tertiary/aromatic N) is 3. The summed E-state index contributed by atoms with van der Waals surface area (Å²) in [4.78, 5) is 29.1. The number of H-pyrrole nitrogens is 1. The number of benzene rings is 1. The van der Waals surface area contributed by atoms with E-state index < -0.39 is 0 Å². The lowest BCUT2D eigenvalue weighted by atomic mass is 10.1. The highest BCUT2D eigenvalue weighted by atomic mass is 32.1. The van der Waals surface area contributed by atoms with Crippen molar-refractivity contribution in [1.29, 1.82) is 0 Å². The van der Waals surface area contributed by atoms with Gasteiger partial charge in [-0.05, 0) is 29.6 Å². The number of hydrogen-bond donors (Lipinski definition) is 2. The lowest BCUT2D eigenvalue weighted by molar-refractivity contribution is 0.0632. The molecule has 2 aromatic heterocycles. The minimum absolute atomic E-state index is 0.0535. The van der Waals surface area contributed by atoms with Crippen LogP contribution in [0.5, 0.6) is 17.2 Å². The Kier molecular flexibility index (Phi) is 7.88. The van der Waals surface area contributed by atoms with Crippen LogP contribution in [0.25, 0.3) is 11.3 Å². The average molecular weight is 500 g/mol. The van der Waals surface area contributed by atoms with Crippen LogP contribution in [-0.4, -0.2) is 92.4 Å². The number of thiophene rings is 1. The first kappa shape index (κ1) is 24.6. The molecule has 10 nitrogen and oxygen atoms in total. The van der Waals surface area contributed by atoms with Crippen LogP contribution in [0.15, 0.2) is 35.0 Å². The Morgan fingerprint density at radius 1 is 1.06 bits per heavy atom. The highest BCUT2D eigenvalue weighted by Crippen LogP contribution is 2.40. The van der Waals surface area contributed by atoms with Gasteiger partial charge in [-0.2, -0.15) is 16.4 Å². The number of rotatable bonds is 9. The second kappa shape index (κ2) is 11.2.